The van der Waals surface area contributed by atoms with Crippen molar-refractivity contribution in [1.29, 1.82) is 0 Å². The van der Waals surface area contributed by atoms with Crippen LogP contribution in [0.1, 0.15) is 60.0 Å². The van der Waals surface area contributed by atoms with Gasteiger partial charge in [0.25, 0.3) is 5.91 Å². The van der Waals surface area contributed by atoms with Gasteiger partial charge in [0, 0.05) is 43.0 Å². The van der Waals surface area contributed by atoms with Gasteiger partial charge in [0.05, 0.1) is 11.5 Å². The third-order valence-corrected chi connectivity index (χ3v) is 9.84. The highest BCUT2D eigenvalue weighted by Gasteiger charge is 2.21. The van der Waals surface area contributed by atoms with Crippen LogP contribution in [0.25, 0.3) is 11.1 Å². The zero-order valence-corrected chi connectivity index (χ0v) is 24.5. The normalized spacial score (nSPS) is 17.6. The van der Waals surface area contributed by atoms with Crippen molar-refractivity contribution >= 4 is 33.0 Å². The van der Waals surface area contributed by atoms with E-state index in [1.165, 1.54) is 19.3 Å². The molecule has 1 saturated carbocycles. The van der Waals surface area contributed by atoms with E-state index < -0.39 is 9.84 Å². The molecule has 3 aromatic rings. The predicted molar refractivity (Wildman–Crippen MR) is 165 cm³/mol. The lowest BCUT2D eigenvalue weighted by molar-refractivity contribution is -0.117. The van der Waals surface area contributed by atoms with E-state index in [1.54, 1.807) is 0 Å². The number of nitrogens with zero attached hydrogens (tertiary/aromatic N) is 1. The molecule has 8 heteroatoms. The summed E-state index contributed by atoms with van der Waals surface area (Å²) in [5, 5.41) is 6.04. The molecule has 2 amide bonds. The molecule has 1 heterocycles. The molecule has 0 aromatic heterocycles. The number of amides is 2. The van der Waals surface area contributed by atoms with Crippen LogP contribution >= 0.6 is 0 Å². The number of hydrogen-bond donors (Lipinski definition) is 2. The molecule has 0 spiro atoms. The second-order valence-corrected chi connectivity index (χ2v) is 13.7. The van der Waals surface area contributed by atoms with Crippen molar-refractivity contribution in [1.82, 2.24) is 4.90 Å². The average molecular weight is 574 g/mol. The number of rotatable bonds is 8. The lowest BCUT2D eigenvalue weighted by Gasteiger charge is -2.26. The maximum atomic E-state index is 12.9. The standard InChI is InChI=1S/C33H39N3O4S/c1-24-7-14-30(34-32(37)21-25-5-3-2-4-6-25)22-31(24)27-10-12-28(13-11-27)33(38)35-29-15-8-26(9-16-29)23-36-17-19-41(39,40)20-18-36/h7-16,22,25H,2-6,17-21,23H2,1H3,(H,34,37)(H,35,38). The number of sulfone groups is 1. The number of benzene rings is 3. The van der Waals surface area contributed by atoms with E-state index in [9.17, 15) is 18.0 Å². The van der Waals surface area contributed by atoms with Gasteiger partial charge in [-0.1, -0.05) is 49.6 Å². The molecule has 2 fully saturated rings. The highest BCUT2D eigenvalue weighted by molar-refractivity contribution is 7.91. The maximum Gasteiger partial charge on any atom is 0.255 e. The molecule has 5 rings (SSSR count). The molecule has 216 valence electrons. The van der Waals surface area contributed by atoms with Gasteiger partial charge in [-0.05, 0) is 84.3 Å². The van der Waals surface area contributed by atoms with Crippen molar-refractivity contribution in [2.24, 2.45) is 5.92 Å². The highest BCUT2D eigenvalue weighted by atomic mass is 32.2. The van der Waals surface area contributed by atoms with Crippen LogP contribution in [-0.2, 0) is 21.2 Å². The fourth-order valence-corrected chi connectivity index (χ4v) is 7.02. The van der Waals surface area contributed by atoms with Crippen LogP contribution in [0, 0.1) is 12.8 Å². The number of hydrogen-bond acceptors (Lipinski definition) is 5. The molecule has 0 radical (unpaired) electrons. The largest absolute Gasteiger partial charge is 0.326 e. The fourth-order valence-electron chi connectivity index (χ4n) is 5.74. The van der Waals surface area contributed by atoms with Crippen LogP contribution in [0.4, 0.5) is 11.4 Å². The van der Waals surface area contributed by atoms with Crippen molar-refractivity contribution < 1.29 is 18.0 Å². The van der Waals surface area contributed by atoms with Crippen LogP contribution in [0.2, 0.25) is 0 Å². The van der Waals surface area contributed by atoms with Gasteiger partial charge in [0.2, 0.25) is 5.91 Å². The number of aryl methyl sites for hydroxylation is 1. The molecule has 2 N–H and O–H groups in total. The molecule has 2 aliphatic rings. The SMILES string of the molecule is Cc1ccc(NC(=O)CC2CCCCC2)cc1-c1ccc(C(=O)Nc2ccc(CN3CCS(=O)(=O)CC3)cc2)cc1. The quantitative estimate of drug-likeness (QED) is 0.342. The van der Waals surface area contributed by atoms with Crippen LogP contribution < -0.4 is 10.6 Å². The number of nitrogens with one attached hydrogen (secondary N) is 2. The van der Waals surface area contributed by atoms with Gasteiger partial charge in [0.1, 0.15) is 0 Å². The Labute approximate surface area is 243 Å². The zero-order valence-electron chi connectivity index (χ0n) is 23.7. The first-order valence-electron chi connectivity index (χ1n) is 14.6. The Balaban J connectivity index is 1.17. The second kappa shape index (κ2) is 13.0. The van der Waals surface area contributed by atoms with E-state index in [4.69, 9.17) is 0 Å². The van der Waals surface area contributed by atoms with Crippen molar-refractivity contribution in [3.8, 4) is 11.1 Å². The Morgan fingerprint density at radius 2 is 1.49 bits per heavy atom. The second-order valence-electron chi connectivity index (χ2n) is 11.4. The first-order chi connectivity index (χ1) is 19.7. The summed E-state index contributed by atoms with van der Waals surface area (Å²) in [6, 6.07) is 21.2. The van der Waals surface area contributed by atoms with Gasteiger partial charge in [-0.15, -0.1) is 0 Å². The number of anilines is 2. The minimum atomic E-state index is -2.89. The molecule has 41 heavy (non-hydrogen) atoms. The molecular formula is C33H39N3O4S. The van der Waals surface area contributed by atoms with Gasteiger partial charge in [0.15, 0.2) is 9.84 Å². The third-order valence-electron chi connectivity index (χ3n) is 8.23. The first-order valence-corrected chi connectivity index (χ1v) is 16.4. The van der Waals surface area contributed by atoms with Crippen molar-refractivity contribution in [2.45, 2.75) is 52.0 Å². The summed E-state index contributed by atoms with van der Waals surface area (Å²) in [4.78, 5) is 27.7. The fraction of sp³-hybridized carbons (Fsp3) is 0.394. The average Bonchev–Trinajstić information content (AvgIpc) is 2.97. The van der Waals surface area contributed by atoms with E-state index in [0.29, 0.717) is 43.2 Å². The minimum Gasteiger partial charge on any atom is -0.326 e. The van der Waals surface area contributed by atoms with Crippen molar-refractivity contribution in [2.75, 3.05) is 35.2 Å². The van der Waals surface area contributed by atoms with Gasteiger partial charge in [-0.2, -0.15) is 0 Å². The minimum absolute atomic E-state index is 0.0775. The molecule has 7 nitrogen and oxygen atoms in total. The third kappa shape index (κ3) is 8.05. The van der Waals surface area contributed by atoms with Crippen molar-refractivity contribution in [3.63, 3.8) is 0 Å². The maximum absolute atomic E-state index is 12.9. The summed E-state index contributed by atoms with van der Waals surface area (Å²) >= 11 is 0. The Kier molecular flexibility index (Phi) is 9.20. The summed E-state index contributed by atoms with van der Waals surface area (Å²) in [7, 11) is -2.89. The highest BCUT2D eigenvalue weighted by Crippen LogP contribution is 2.29. The van der Waals surface area contributed by atoms with Crippen LogP contribution in [0.3, 0.4) is 0 Å². The summed E-state index contributed by atoms with van der Waals surface area (Å²) in [6.07, 6.45) is 6.61. The monoisotopic (exact) mass is 573 g/mol. The summed E-state index contributed by atoms with van der Waals surface area (Å²) in [6.45, 7) is 3.84. The Hall–Kier alpha value is -3.49. The first kappa shape index (κ1) is 29.0. The summed E-state index contributed by atoms with van der Waals surface area (Å²) in [5.41, 5.74) is 6.24. The lowest BCUT2D eigenvalue weighted by atomic mass is 9.87. The Bertz CT molecular complexity index is 1460. The number of carbonyl (C=O) groups is 2. The van der Waals surface area contributed by atoms with Crippen LogP contribution in [-0.4, -0.2) is 49.7 Å². The van der Waals surface area contributed by atoms with E-state index in [0.717, 1.165) is 40.8 Å². The molecule has 1 aliphatic carbocycles. The van der Waals surface area contributed by atoms with Crippen molar-refractivity contribution in [3.05, 3.63) is 83.4 Å². The van der Waals surface area contributed by atoms with Gasteiger partial charge in [-0.25, -0.2) is 8.42 Å². The molecule has 0 atom stereocenters. The predicted octanol–water partition coefficient (Wildman–Crippen LogP) is 6.05. The van der Waals surface area contributed by atoms with E-state index in [1.807, 2.05) is 73.7 Å². The molecule has 0 unspecified atom stereocenters. The van der Waals surface area contributed by atoms with Gasteiger partial charge in [-0.3, -0.25) is 14.5 Å². The summed E-state index contributed by atoms with van der Waals surface area (Å²) in [5.74, 6) is 0.803. The zero-order chi connectivity index (χ0) is 28.8. The molecule has 3 aromatic carbocycles. The Morgan fingerprint density at radius 1 is 0.829 bits per heavy atom. The van der Waals surface area contributed by atoms with E-state index in [2.05, 4.69) is 15.5 Å². The van der Waals surface area contributed by atoms with Gasteiger partial charge < -0.3 is 10.6 Å². The van der Waals surface area contributed by atoms with Gasteiger partial charge >= 0.3 is 0 Å². The van der Waals surface area contributed by atoms with Crippen LogP contribution in [0.15, 0.2) is 66.7 Å². The summed E-state index contributed by atoms with van der Waals surface area (Å²) < 4.78 is 23.3. The van der Waals surface area contributed by atoms with Crippen LogP contribution in [0.5, 0.6) is 0 Å². The topological polar surface area (TPSA) is 95.6 Å². The molecule has 1 aliphatic heterocycles. The smallest absolute Gasteiger partial charge is 0.255 e. The van der Waals surface area contributed by atoms with E-state index in [-0.39, 0.29) is 23.3 Å². The lowest BCUT2D eigenvalue weighted by Crippen LogP contribution is -2.39. The molecular weight excluding hydrogens is 534 g/mol. The molecule has 0 bridgehead atoms. The Morgan fingerprint density at radius 3 is 2.17 bits per heavy atom. The molecule has 1 saturated heterocycles. The number of carbonyl (C=O) groups excluding carboxylic acids is 2. The van der Waals surface area contributed by atoms with E-state index >= 15 is 0 Å².